The van der Waals surface area contributed by atoms with Crippen molar-refractivity contribution in [3.63, 3.8) is 0 Å². The minimum atomic E-state index is 0.0113. The number of hydrogen-bond donors (Lipinski definition) is 0. The number of rotatable bonds is 5. The van der Waals surface area contributed by atoms with E-state index in [1.54, 1.807) is 7.05 Å². The number of carbonyl (C=O) groups is 1. The van der Waals surface area contributed by atoms with Crippen LogP contribution in [0, 0.1) is 5.92 Å². The molecule has 1 amide bonds. The zero-order valence-electron chi connectivity index (χ0n) is 14.3. The summed E-state index contributed by atoms with van der Waals surface area (Å²) in [6.07, 6.45) is 5.52. The summed E-state index contributed by atoms with van der Waals surface area (Å²) in [6, 6.07) is 6.01. The van der Waals surface area contributed by atoms with E-state index in [0.29, 0.717) is 18.2 Å². The number of pyridine rings is 1. The highest BCUT2D eigenvalue weighted by atomic mass is 16.2. The summed E-state index contributed by atoms with van der Waals surface area (Å²) in [6.45, 7) is 5.48. The van der Waals surface area contributed by atoms with Crippen molar-refractivity contribution >= 4 is 11.7 Å². The molecule has 3 rings (SSSR count). The third-order valence-electron chi connectivity index (χ3n) is 4.67. The van der Waals surface area contributed by atoms with Crippen molar-refractivity contribution < 1.29 is 4.79 Å². The molecule has 1 aliphatic heterocycles. The molecule has 7 nitrogen and oxygen atoms in total. The number of aryl methyl sites for hydroxylation is 1. The van der Waals surface area contributed by atoms with E-state index in [9.17, 15) is 4.79 Å². The maximum atomic E-state index is 12.6. The van der Waals surface area contributed by atoms with Crippen LogP contribution in [-0.2, 0) is 7.05 Å². The molecule has 0 spiro atoms. The first kappa shape index (κ1) is 16.4. The molecule has 1 saturated heterocycles. The van der Waals surface area contributed by atoms with Gasteiger partial charge in [0.15, 0.2) is 0 Å². The fourth-order valence-corrected chi connectivity index (χ4v) is 3.20. The molecule has 3 heterocycles. The molecule has 7 heteroatoms. The average Bonchev–Trinajstić information content (AvgIpc) is 3.06. The summed E-state index contributed by atoms with van der Waals surface area (Å²) in [5.74, 6) is 1.58. The molecular formula is C17H24N6O. The molecule has 1 fully saturated rings. The minimum Gasteiger partial charge on any atom is -0.357 e. The van der Waals surface area contributed by atoms with Crippen molar-refractivity contribution in [2.24, 2.45) is 13.0 Å². The fraction of sp³-hybridized carbons (Fsp3) is 0.529. The second-order valence-electron chi connectivity index (χ2n) is 6.21. The average molecular weight is 328 g/mol. The van der Waals surface area contributed by atoms with Crippen LogP contribution >= 0.6 is 0 Å². The van der Waals surface area contributed by atoms with Gasteiger partial charge in [-0.2, -0.15) is 0 Å². The molecule has 2 aromatic rings. The van der Waals surface area contributed by atoms with Crippen LogP contribution in [0.5, 0.6) is 0 Å². The first-order chi connectivity index (χ1) is 11.7. The van der Waals surface area contributed by atoms with Crippen LogP contribution in [0.3, 0.4) is 0 Å². The monoisotopic (exact) mass is 328 g/mol. The largest absolute Gasteiger partial charge is 0.357 e. The number of nitrogens with zero attached hydrogens (tertiary/aromatic N) is 6. The van der Waals surface area contributed by atoms with Crippen molar-refractivity contribution in [1.29, 1.82) is 0 Å². The van der Waals surface area contributed by atoms with E-state index in [1.165, 1.54) is 10.9 Å². The van der Waals surface area contributed by atoms with Gasteiger partial charge in [0.25, 0.3) is 5.91 Å². The van der Waals surface area contributed by atoms with Gasteiger partial charge >= 0.3 is 0 Å². The fourth-order valence-electron chi connectivity index (χ4n) is 3.20. The van der Waals surface area contributed by atoms with Crippen molar-refractivity contribution in [2.45, 2.75) is 19.8 Å². The Hall–Kier alpha value is -2.44. The highest BCUT2D eigenvalue weighted by molar-refractivity contribution is 5.92. The van der Waals surface area contributed by atoms with Gasteiger partial charge in [0.2, 0.25) is 0 Å². The molecule has 0 unspecified atom stereocenters. The summed E-state index contributed by atoms with van der Waals surface area (Å²) in [5.41, 5.74) is 0.544. The van der Waals surface area contributed by atoms with E-state index < -0.39 is 0 Å². The molecule has 0 bridgehead atoms. The van der Waals surface area contributed by atoms with Crippen LogP contribution in [0.2, 0.25) is 0 Å². The summed E-state index contributed by atoms with van der Waals surface area (Å²) in [5, 5.41) is 7.65. The zero-order valence-corrected chi connectivity index (χ0v) is 14.3. The Labute approximate surface area is 142 Å². The van der Waals surface area contributed by atoms with Gasteiger partial charge in [-0.3, -0.25) is 4.79 Å². The van der Waals surface area contributed by atoms with E-state index in [0.717, 1.165) is 38.3 Å². The second kappa shape index (κ2) is 7.42. The number of aromatic nitrogens is 4. The maximum absolute atomic E-state index is 12.6. The number of amides is 1. The lowest BCUT2D eigenvalue weighted by Crippen LogP contribution is -2.41. The van der Waals surface area contributed by atoms with E-state index in [-0.39, 0.29) is 5.91 Å². The zero-order chi connectivity index (χ0) is 16.9. The highest BCUT2D eigenvalue weighted by Gasteiger charge is 2.25. The van der Waals surface area contributed by atoms with E-state index in [4.69, 9.17) is 0 Å². The van der Waals surface area contributed by atoms with Gasteiger partial charge in [-0.1, -0.05) is 11.3 Å². The molecule has 0 N–H and O–H groups in total. The van der Waals surface area contributed by atoms with Gasteiger partial charge in [0.05, 0.1) is 6.20 Å². The van der Waals surface area contributed by atoms with Gasteiger partial charge in [-0.25, -0.2) is 9.67 Å². The Balaban J connectivity index is 1.56. The van der Waals surface area contributed by atoms with Crippen LogP contribution in [-0.4, -0.2) is 57.0 Å². The summed E-state index contributed by atoms with van der Waals surface area (Å²) >= 11 is 0. The lowest BCUT2D eigenvalue weighted by atomic mass is 9.96. The van der Waals surface area contributed by atoms with Crippen LogP contribution in [0.1, 0.15) is 30.3 Å². The number of hydrogen-bond acceptors (Lipinski definition) is 5. The second-order valence-corrected chi connectivity index (χ2v) is 6.21. The van der Waals surface area contributed by atoms with Gasteiger partial charge in [0.1, 0.15) is 11.5 Å². The van der Waals surface area contributed by atoms with Crippen LogP contribution < -0.4 is 4.90 Å². The lowest BCUT2D eigenvalue weighted by Gasteiger charge is -2.35. The summed E-state index contributed by atoms with van der Waals surface area (Å²) < 4.78 is 1.54. The maximum Gasteiger partial charge on any atom is 0.273 e. The summed E-state index contributed by atoms with van der Waals surface area (Å²) in [7, 11) is 1.75. The topological polar surface area (TPSA) is 67.2 Å². The lowest BCUT2D eigenvalue weighted by molar-refractivity contribution is 0.0718. The first-order valence-electron chi connectivity index (χ1n) is 8.49. The van der Waals surface area contributed by atoms with E-state index in [1.807, 2.05) is 30.2 Å². The van der Waals surface area contributed by atoms with E-state index >= 15 is 0 Å². The van der Waals surface area contributed by atoms with Crippen molar-refractivity contribution in [3.8, 4) is 0 Å². The minimum absolute atomic E-state index is 0.0113. The Morgan fingerprint density at radius 1 is 1.33 bits per heavy atom. The van der Waals surface area contributed by atoms with Gasteiger partial charge < -0.3 is 9.80 Å². The Morgan fingerprint density at radius 2 is 2.12 bits per heavy atom. The molecule has 0 aromatic carbocycles. The highest BCUT2D eigenvalue weighted by Crippen LogP contribution is 2.22. The Kier molecular flexibility index (Phi) is 5.08. The standard InChI is InChI=1S/C17H24N6O/c1-3-22(17(24)15-12-19-20-21(15)2)13-14-7-10-23(11-8-14)16-6-4-5-9-18-16/h4-6,9,12,14H,3,7-8,10-11,13H2,1-2H3. The van der Waals surface area contributed by atoms with Crippen LogP contribution in [0.15, 0.2) is 30.6 Å². The van der Waals surface area contributed by atoms with Gasteiger partial charge in [-0.05, 0) is 37.8 Å². The van der Waals surface area contributed by atoms with Crippen molar-refractivity contribution in [3.05, 3.63) is 36.3 Å². The molecule has 24 heavy (non-hydrogen) atoms. The quantitative estimate of drug-likeness (QED) is 0.834. The molecule has 0 saturated carbocycles. The molecule has 0 aliphatic carbocycles. The smallest absolute Gasteiger partial charge is 0.273 e. The predicted octanol–water partition coefficient (Wildman–Crippen LogP) is 1.59. The molecular weight excluding hydrogens is 304 g/mol. The van der Waals surface area contributed by atoms with Crippen LogP contribution in [0.4, 0.5) is 5.82 Å². The van der Waals surface area contributed by atoms with Crippen molar-refractivity contribution in [1.82, 2.24) is 24.9 Å². The van der Waals surface area contributed by atoms with Gasteiger partial charge in [-0.15, -0.1) is 5.10 Å². The third kappa shape index (κ3) is 3.55. The molecule has 0 atom stereocenters. The number of anilines is 1. The molecule has 1 aliphatic rings. The predicted molar refractivity (Wildman–Crippen MR) is 91.8 cm³/mol. The van der Waals surface area contributed by atoms with Gasteiger partial charge in [0, 0.05) is 39.4 Å². The third-order valence-corrected chi connectivity index (χ3v) is 4.67. The first-order valence-corrected chi connectivity index (χ1v) is 8.49. The normalized spacial score (nSPS) is 15.5. The number of carbonyl (C=O) groups excluding carboxylic acids is 1. The SMILES string of the molecule is CCN(CC1CCN(c2ccccn2)CC1)C(=O)c1cnnn1C. The molecule has 128 valence electrons. The molecule has 0 radical (unpaired) electrons. The van der Waals surface area contributed by atoms with E-state index in [2.05, 4.69) is 26.3 Å². The summed E-state index contributed by atoms with van der Waals surface area (Å²) in [4.78, 5) is 21.3. The van der Waals surface area contributed by atoms with Crippen molar-refractivity contribution in [2.75, 3.05) is 31.1 Å². The molecule has 2 aromatic heterocycles. The van der Waals surface area contributed by atoms with Crippen LogP contribution in [0.25, 0.3) is 0 Å². The Morgan fingerprint density at radius 3 is 2.71 bits per heavy atom. The number of piperidine rings is 1. The Bertz CT molecular complexity index is 663.